The van der Waals surface area contributed by atoms with E-state index in [1.54, 1.807) is 0 Å². The van der Waals surface area contributed by atoms with Crippen molar-refractivity contribution >= 4 is 11.6 Å². The normalized spacial score (nSPS) is 12.8. The van der Waals surface area contributed by atoms with Gasteiger partial charge in [0.25, 0.3) is 0 Å². The van der Waals surface area contributed by atoms with Crippen LogP contribution in [0.3, 0.4) is 0 Å². The summed E-state index contributed by atoms with van der Waals surface area (Å²) in [4.78, 5) is 19.9. The Morgan fingerprint density at radius 3 is 1.00 bits per heavy atom. The Labute approximate surface area is 125 Å². The molecular weight excluding hydrogens is 353 g/mol. The van der Waals surface area contributed by atoms with E-state index < -0.39 is 35.4 Å². The van der Waals surface area contributed by atoms with Crippen molar-refractivity contribution in [1.29, 1.82) is 0 Å². The van der Waals surface area contributed by atoms with Crippen LogP contribution in [-0.4, -0.2) is 34.1 Å². The van der Waals surface area contributed by atoms with E-state index in [0.717, 1.165) is 13.8 Å². The van der Waals surface area contributed by atoms with Crippen molar-refractivity contribution in [3.05, 3.63) is 23.7 Å². The number of alkyl halides is 6. The molecule has 0 amide bonds. The smallest absolute Gasteiger partial charge is 0.448 e. The van der Waals surface area contributed by atoms with Gasteiger partial charge in [-0.05, 0) is 13.8 Å². The predicted octanol–water partition coefficient (Wildman–Crippen LogP) is 3.16. The maximum absolute atomic E-state index is 11.3. The van der Waals surface area contributed by atoms with Crippen LogP contribution in [0.4, 0.5) is 26.3 Å². The van der Waals surface area contributed by atoms with Crippen LogP contribution >= 0.6 is 0 Å². The quantitative estimate of drug-likeness (QED) is 0.342. The van der Waals surface area contributed by atoms with Crippen LogP contribution in [0.5, 0.6) is 0 Å². The van der Waals surface area contributed by atoms with E-state index in [1.807, 2.05) is 0 Å². The van der Waals surface area contributed by atoms with Gasteiger partial charge < -0.3 is 10.2 Å². The minimum absolute atomic E-state index is 0. The van der Waals surface area contributed by atoms with Crippen LogP contribution in [0.15, 0.2) is 23.7 Å². The zero-order valence-electron chi connectivity index (χ0n) is 10.5. The monoisotopic (exact) mass is 363 g/mol. The number of ketones is 2. The van der Waals surface area contributed by atoms with Gasteiger partial charge in [0.2, 0.25) is 11.5 Å². The number of aliphatic hydroxyl groups excluding tert-OH is 2. The molecule has 123 valence electrons. The van der Waals surface area contributed by atoms with Crippen LogP contribution in [0.2, 0.25) is 0 Å². The third-order valence-corrected chi connectivity index (χ3v) is 1.26. The average molecular weight is 363 g/mol. The molecule has 2 N–H and O–H groups in total. The molecule has 0 fully saturated rings. The SMILES string of the molecule is CC(=O)/C=C(/O)C(F)(F)F.CC(=O)/C=C(\O)C(F)(F)F.[Mn]. The summed E-state index contributed by atoms with van der Waals surface area (Å²) in [6.07, 6.45) is -9.38. The first-order chi connectivity index (χ1) is 8.67. The zero-order chi connectivity index (χ0) is 16.7. The molecule has 0 atom stereocenters. The second kappa shape index (κ2) is 9.45. The minimum Gasteiger partial charge on any atom is -0.504 e. The largest absolute Gasteiger partial charge is 0.504 e. The molecule has 4 nitrogen and oxygen atoms in total. The number of carbonyl (C=O) groups excluding carboxylic acids is 2. The van der Waals surface area contributed by atoms with Crippen LogP contribution in [0.1, 0.15) is 13.8 Å². The topological polar surface area (TPSA) is 74.6 Å². The Kier molecular flexibility index (Phi) is 11.0. The predicted molar refractivity (Wildman–Crippen MR) is 54.9 cm³/mol. The number of hydrogen-bond acceptors (Lipinski definition) is 4. The molecule has 0 heterocycles. The standard InChI is InChI=1S/2C5H5F3O2.Mn/c2*1-3(9)2-4(10)5(6,7)8;/h2*2,10H,1H3;/b4-2+;4-2-;. The summed E-state index contributed by atoms with van der Waals surface area (Å²) >= 11 is 0. The van der Waals surface area contributed by atoms with Gasteiger partial charge in [0.15, 0.2) is 11.6 Å². The van der Waals surface area contributed by atoms with Gasteiger partial charge in [0, 0.05) is 29.2 Å². The van der Waals surface area contributed by atoms with E-state index in [0.29, 0.717) is 0 Å². The number of allylic oxidation sites excluding steroid dienone is 4. The molecule has 0 aromatic rings. The fourth-order valence-corrected chi connectivity index (χ4v) is 0.549. The molecule has 0 unspecified atom stereocenters. The van der Waals surface area contributed by atoms with Crippen molar-refractivity contribution in [2.75, 3.05) is 0 Å². The van der Waals surface area contributed by atoms with Gasteiger partial charge in [-0.15, -0.1) is 0 Å². The number of rotatable bonds is 2. The first kappa shape index (κ1) is 24.5. The van der Waals surface area contributed by atoms with Gasteiger partial charge in [0.05, 0.1) is 0 Å². The molecule has 0 saturated heterocycles. The third kappa shape index (κ3) is 14.7. The minimum atomic E-state index is -4.81. The maximum atomic E-state index is 11.3. The van der Waals surface area contributed by atoms with Crippen molar-refractivity contribution in [2.45, 2.75) is 26.2 Å². The molecule has 0 spiro atoms. The Balaban J connectivity index is -0.000000295. The third-order valence-electron chi connectivity index (χ3n) is 1.26. The molecule has 0 aromatic heterocycles. The zero-order valence-corrected chi connectivity index (χ0v) is 11.7. The van der Waals surface area contributed by atoms with Gasteiger partial charge in [0.1, 0.15) is 0 Å². The first-order valence-corrected chi connectivity index (χ1v) is 4.64. The van der Waals surface area contributed by atoms with Crippen LogP contribution in [0.25, 0.3) is 0 Å². The molecular formula is C10H10F6MnO4. The van der Waals surface area contributed by atoms with Crippen LogP contribution in [-0.2, 0) is 26.7 Å². The van der Waals surface area contributed by atoms with Gasteiger partial charge in [-0.3, -0.25) is 9.59 Å². The van der Waals surface area contributed by atoms with Gasteiger partial charge in [-0.1, -0.05) is 0 Å². The fourth-order valence-electron chi connectivity index (χ4n) is 0.549. The molecule has 0 aliphatic heterocycles. The summed E-state index contributed by atoms with van der Waals surface area (Å²) in [5, 5.41) is 16.1. The van der Waals surface area contributed by atoms with Crippen molar-refractivity contribution in [1.82, 2.24) is 0 Å². The summed E-state index contributed by atoms with van der Waals surface area (Å²) in [5.74, 6) is -5.40. The summed E-state index contributed by atoms with van der Waals surface area (Å²) in [5.41, 5.74) is 0. The summed E-state index contributed by atoms with van der Waals surface area (Å²) < 4.78 is 68.0. The molecule has 0 aliphatic carbocycles. The molecule has 0 aliphatic rings. The van der Waals surface area contributed by atoms with E-state index in [9.17, 15) is 35.9 Å². The Bertz CT molecular complexity index is 382. The number of hydrogen-bond donors (Lipinski definition) is 2. The molecule has 21 heavy (non-hydrogen) atoms. The van der Waals surface area contributed by atoms with Crippen molar-refractivity contribution in [3.8, 4) is 0 Å². The molecule has 0 rings (SSSR count). The summed E-state index contributed by atoms with van der Waals surface area (Å²) in [7, 11) is 0. The van der Waals surface area contributed by atoms with E-state index in [-0.39, 0.29) is 29.2 Å². The molecule has 0 aromatic carbocycles. The number of halogens is 6. The van der Waals surface area contributed by atoms with E-state index in [4.69, 9.17) is 10.2 Å². The van der Waals surface area contributed by atoms with E-state index >= 15 is 0 Å². The fraction of sp³-hybridized carbons (Fsp3) is 0.400. The molecule has 1 radical (unpaired) electrons. The van der Waals surface area contributed by atoms with Crippen molar-refractivity contribution in [3.63, 3.8) is 0 Å². The summed E-state index contributed by atoms with van der Waals surface area (Å²) in [6.45, 7) is 1.84. The Morgan fingerprint density at radius 2 is 0.952 bits per heavy atom. The second-order valence-electron chi connectivity index (χ2n) is 3.28. The first-order valence-electron chi connectivity index (χ1n) is 4.64. The van der Waals surface area contributed by atoms with Crippen LogP contribution in [0, 0.1) is 0 Å². The van der Waals surface area contributed by atoms with Gasteiger partial charge in [-0.2, -0.15) is 26.3 Å². The van der Waals surface area contributed by atoms with Gasteiger partial charge in [-0.25, -0.2) is 0 Å². The molecule has 0 saturated carbocycles. The van der Waals surface area contributed by atoms with Crippen molar-refractivity contribution < 1.29 is 63.2 Å². The number of carbonyl (C=O) groups is 2. The average Bonchev–Trinajstić information content (AvgIpc) is 2.13. The second-order valence-corrected chi connectivity index (χ2v) is 3.28. The molecule has 0 bridgehead atoms. The Morgan fingerprint density at radius 1 is 0.762 bits per heavy atom. The molecule has 11 heteroatoms. The van der Waals surface area contributed by atoms with Crippen molar-refractivity contribution in [2.24, 2.45) is 0 Å². The van der Waals surface area contributed by atoms with Gasteiger partial charge >= 0.3 is 12.4 Å². The maximum Gasteiger partial charge on any atom is 0.448 e. The Hall–Kier alpha value is -1.48. The number of aliphatic hydroxyl groups is 2. The van der Waals surface area contributed by atoms with E-state index in [2.05, 4.69) is 0 Å². The summed E-state index contributed by atoms with van der Waals surface area (Å²) in [6, 6.07) is 0. The van der Waals surface area contributed by atoms with Crippen LogP contribution < -0.4 is 0 Å². The van der Waals surface area contributed by atoms with E-state index in [1.165, 1.54) is 0 Å².